The van der Waals surface area contributed by atoms with Crippen LogP contribution in [0.3, 0.4) is 0 Å². The van der Waals surface area contributed by atoms with Crippen LogP contribution in [0.1, 0.15) is 24.1 Å². The van der Waals surface area contributed by atoms with Gasteiger partial charge in [0, 0.05) is 22.1 Å². The fraction of sp³-hybridized carbons (Fsp3) is 0.188. The van der Waals surface area contributed by atoms with Gasteiger partial charge in [-0.25, -0.2) is 4.98 Å². The number of carbonyl (C=O) groups is 1. The van der Waals surface area contributed by atoms with Gasteiger partial charge >= 0.3 is 0 Å². The topological polar surface area (TPSA) is 117 Å². The number of nitriles is 1. The molecular formula is C16H12BrN5O2. The number of hydrogen-bond acceptors (Lipinski definition) is 6. The molecule has 2 aliphatic rings. The average molecular weight is 386 g/mol. The summed E-state index contributed by atoms with van der Waals surface area (Å²) >= 11 is 3.42. The maximum atomic E-state index is 13.0. The summed E-state index contributed by atoms with van der Waals surface area (Å²) in [6.45, 7) is 1.89. The maximum Gasteiger partial charge on any atom is 0.246 e. The second-order valence-electron chi connectivity index (χ2n) is 5.56. The molecule has 8 heteroatoms. The van der Waals surface area contributed by atoms with Crippen molar-refractivity contribution in [2.45, 2.75) is 18.8 Å². The number of halogens is 1. The van der Waals surface area contributed by atoms with Gasteiger partial charge in [0.05, 0.1) is 5.57 Å². The Bertz CT molecular complexity index is 971. The molecule has 1 unspecified atom stereocenters. The third kappa shape index (κ3) is 1.65. The van der Waals surface area contributed by atoms with E-state index in [0.717, 1.165) is 4.47 Å². The number of rotatable bonds is 1. The molecule has 3 heterocycles. The van der Waals surface area contributed by atoms with E-state index in [9.17, 15) is 10.1 Å². The van der Waals surface area contributed by atoms with E-state index in [0.29, 0.717) is 35.1 Å². The molecule has 0 saturated carbocycles. The molecule has 0 aliphatic carbocycles. The molecule has 1 atom stereocenters. The number of aromatic nitrogens is 1. The van der Waals surface area contributed by atoms with Crippen molar-refractivity contribution in [1.82, 2.24) is 4.98 Å². The molecule has 7 nitrogen and oxygen atoms in total. The van der Waals surface area contributed by atoms with E-state index >= 15 is 0 Å². The SMILES string of the molecule is CCc1nc2c(o1)NC(N)=C(C#N)C21C(=O)Nc2ccc(Br)cc21. The number of nitrogens with one attached hydrogen (secondary N) is 2. The largest absolute Gasteiger partial charge is 0.425 e. The van der Waals surface area contributed by atoms with Gasteiger partial charge in [0.1, 0.15) is 17.6 Å². The zero-order valence-electron chi connectivity index (χ0n) is 12.6. The molecule has 0 saturated heterocycles. The highest BCUT2D eigenvalue weighted by Crippen LogP contribution is 2.52. The Hall–Kier alpha value is -2.79. The lowest BCUT2D eigenvalue weighted by molar-refractivity contribution is -0.118. The van der Waals surface area contributed by atoms with E-state index in [1.807, 2.05) is 13.0 Å². The van der Waals surface area contributed by atoms with Gasteiger partial charge in [0.15, 0.2) is 11.3 Å². The standard InChI is InChI=1S/C16H12BrN5O2/c1-2-11-21-12-14(24-11)22-13(19)9(6-18)16(12)8-5-7(17)3-4-10(8)20-15(16)23/h3-5,22H,2,19H2,1H3,(H,20,23). The normalized spacial score (nSPS) is 21.1. The summed E-state index contributed by atoms with van der Waals surface area (Å²) in [7, 11) is 0. The lowest BCUT2D eigenvalue weighted by Gasteiger charge is -2.30. The smallest absolute Gasteiger partial charge is 0.246 e. The van der Waals surface area contributed by atoms with Crippen LogP contribution in [0.2, 0.25) is 0 Å². The van der Waals surface area contributed by atoms with Crippen molar-refractivity contribution in [3.63, 3.8) is 0 Å². The second kappa shape index (κ2) is 4.85. The summed E-state index contributed by atoms with van der Waals surface area (Å²) in [5.74, 6) is 0.488. The Labute approximate surface area is 145 Å². The first kappa shape index (κ1) is 14.8. The van der Waals surface area contributed by atoms with Crippen LogP contribution in [0.4, 0.5) is 11.6 Å². The Morgan fingerprint density at radius 1 is 1.46 bits per heavy atom. The number of anilines is 2. The lowest BCUT2D eigenvalue weighted by atomic mass is 9.71. The first-order valence-corrected chi connectivity index (χ1v) is 8.10. The molecular weight excluding hydrogens is 374 g/mol. The van der Waals surface area contributed by atoms with Crippen molar-refractivity contribution in [3.05, 3.63) is 51.2 Å². The highest BCUT2D eigenvalue weighted by atomic mass is 79.9. The minimum Gasteiger partial charge on any atom is -0.425 e. The zero-order valence-corrected chi connectivity index (χ0v) is 14.2. The predicted molar refractivity (Wildman–Crippen MR) is 89.9 cm³/mol. The van der Waals surface area contributed by atoms with Gasteiger partial charge in [-0.15, -0.1) is 0 Å². The number of fused-ring (bicyclic) bond motifs is 4. The second-order valence-corrected chi connectivity index (χ2v) is 6.47. The molecule has 0 bridgehead atoms. The number of nitrogens with zero attached hydrogens (tertiary/aromatic N) is 2. The Morgan fingerprint density at radius 2 is 2.25 bits per heavy atom. The van der Waals surface area contributed by atoms with Gasteiger partial charge in [-0.3, -0.25) is 4.79 Å². The summed E-state index contributed by atoms with van der Waals surface area (Å²) in [6.07, 6.45) is 0.555. The Morgan fingerprint density at radius 3 is 2.96 bits per heavy atom. The van der Waals surface area contributed by atoms with Crippen molar-refractivity contribution in [2.24, 2.45) is 5.73 Å². The molecule has 1 aromatic carbocycles. The van der Waals surface area contributed by atoms with E-state index in [2.05, 4.69) is 37.6 Å². The number of aryl methyl sites for hydroxylation is 1. The Balaban J connectivity index is 2.13. The van der Waals surface area contributed by atoms with E-state index in [4.69, 9.17) is 10.2 Å². The number of hydrogen-bond donors (Lipinski definition) is 3. The number of oxazole rings is 1. The van der Waals surface area contributed by atoms with Crippen LogP contribution < -0.4 is 16.4 Å². The van der Waals surface area contributed by atoms with Crippen LogP contribution in [-0.4, -0.2) is 10.9 Å². The predicted octanol–water partition coefficient (Wildman–Crippen LogP) is 2.36. The molecule has 24 heavy (non-hydrogen) atoms. The van der Waals surface area contributed by atoms with E-state index in [-0.39, 0.29) is 17.3 Å². The zero-order chi connectivity index (χ0) is 17.1. The number of amides is 1. The minimum absolute atomic E-state index is 0.0896. The van der Waals surface area contributed by atoms with E-state index in [1.165, 1.54) is 0 Å². The molecule has 120 valence electrons. The highest BCUT2D eigenvalue weighted by Gasteiger charge is 2.58. The van der Waals surface area contributed by atoms with Crippen LogP contribution in [0.15, 0.2) is 38.5 Å². The van der Waals surface area contributed by atoms with Crippen molar-refractivity contribution in [2.75, 3.05) is 10.6 Å². The first-order chi connectivity index (χ1) is 11.5. The van der Waals surface area contributed by atoms with Gasteiger partial charge in [-0.05, 0) is 18.2 Å². The Kier molecular flexibility index (Phi) is 2.99. The summed E-state index contributed by atoms with van der Waals surface area (Å²) < 4.78 is 6.45. The molecule has 0 fully saturated rings. The summed E-state index contributed by atoms with van der Waals surface area (Å²) in [6, 6.07) is 7.48. The van der Waals surface area contributed by atoms with E-state index in [1.54, 1.807) is 12.1 Å². The lowest BCUT2D eigenvalue weighted by Crippen LogP contribution is -2.43. The molecule has 2 aromatic rings. The van der Waals surface area contributed by atoms with Crippen molar-refractivity contribution >= 4 is 33.4 Å². The van der Waals surface area contributed by atoms with Crippen LogP contribution in [-0.2, 0) is 16.6 Å². The quantitative estimate of drug-likeness (QED) is 0.693. The first-order valence-electron chi connectivity index (χ1n) is 7.31. The molecule has 1 spiro atoms. The highest BCUT2D eigenvalue weighted by molar-refractivity contribution is 9.10. The van der Waals surface area contributed by atoms with Crippen LogP contribution in [0, 0.1) is 11.3 Å². The van der Waals surface area contributed by atoms with Gasteiger partial charge in [-0.2, -0.15) is 5.26 Å². The monoisotopic (exact) mass is 385 g/mol. The van der Waals surface area contributed by atoms with Gasteiger partial charge < -0.3 is 20.8 Å². The fourth-order valence-corrected chi connectivity index (χ4v) is 3.62. The molecule has 4 N–H and O–H groups in total. The maximum absolute atomic E-state index is 13.0. The average Bonchev–Trinajstić information content (AvgIpc) is 3.08. The van der Waals surface area contributed by atoms with E-state index < -0.39 is 5.41 Å². The van der Waals surface area contributed by atoms with Crippen LogP contribution in [0.5, 0.6) is 0 Å². The van der Waals surface area contributed by atoms with Crippen LogP contribution >= 0.6 is 15.9 Å². The number of nitrogens with two attached hydrogens (primary N) is 1. The summed E-state index contributed by atoms with van der Waals surface area (Å²) in [5, 5.41) is 15.4. The van der Waals surface area contributed by atoms with Gasteiger partial charge in [0.25, 0.3) is 0 Å². The minimum atomic E-state index is -1.41. The number of benzene rings is 1. The molecule has 2 aliphatic heterocycles. The fourth-order valence-electron chi connectivity index (χ4n) is 3.26. The molecule has 4 rings (SSSR count). The summed E-state index contributed by atoms with van der Waals surface area (Å²) in [4.78, 5) is 17.5. The molecule has 0 radical (unpaired) electrons. The van der Waals surface area contributed by atoms with Crippen molar-refractivity contribution < 1.29 is 9.21 Å². The number of carbonyl (C=O) groups excluding carboxylic acids is 1. The van der Waals surface area contributed by atoms with Crippen LogP contribution in [0.25, 0.3) is 0 Å². The van der Waals surface area contributed by atoms with Crippen molar-refractivity contribution in [3.8, 4) is 6.07 Å². The van der Waals surface area contributed by atoms with Gasteiger partial charge in [-0.1, -0.05) is 22.9 Å². The molecule has 1 aromatic heterocycles. The third-order valence-corrected chi connectivity index (χ3v) is 4.80. The van der Waals surface area contributed by atoms with Gasteiger partial charge in [0.2, 0.25) is 11.8 Å². The third-order valence-electron chi connectivity index (χ3n) is 4.31. The molecule has 1 amide bonds. The van der Waals surface area contributed by atoms with Crippen molar-refractivity contribution in [1.29, 1.82) is 5.26 Å². The summed E-state index contributed by atoms with van der Waals surface area (Å²) in [5.41, 5.74) is 6.35.